The lowest BCUT2D eigenvalue weighted by atomic mass is 10.1. The van der Waals surface area contributed by atoms with Crippen LogP contribution in [0, 0.1) is 0 Å². The number of amides is 2. The fourth-order valence-electron chi connectivity index (χ4n) is 3.83. The summed E-state index contributed by atoms with van der Waals surface area (Å²) in [5.74, 6) is -0.0872. The first-order chi connectivity index (χ1) is 12.3. The van der Waals surface area contributed by atoms with Crippen LogP contribution in [0.15, 0.2) is 29.2 Å². The molecular formula is C17H23N3O5S. The lowest BCUT2D eigenvalue weighted by molar-refractivity contribution is -0.132. The molecule has 3 rings (SSSR count). The quantitative estimate of drug-likeness (QED) is 0.783. The van der Waals surface area contributed by atoms with Crippen LogP contribution in [-0.2, 0) is 19.6 Å². The standard InChI is InChI=1S/C17H23N3O5S/c1-25-11-8-16(21)19-9-6-15-14(19)7-10-20(15)17(22)12-2-4-13(5-3-12)26(18,23)24/h2-5,14-15H,6-11H2,1H3,(H2,18,23,24)/t14-,15-/m0/s1. The Morgan fingerprint density at radius 1 is 1.12 bits per heavy atom. The lowest BCUT2D eigenvalue weighted by Gasteiger charge is -2.25. The molecule has 2 aliphatic heterocycles. The van der Waals surface area contributed by atoms with Gasteiger partial charge in [0, 0.05) is 25.8 Å². The molecule has 2 amide bonds. The fourth-order valence-corrected chi connectivity index (χ4v) is 4.35. The number of benzene rings is 1. The Balaban J connectivity index is 1.70. The van der Waals surface area contributed by atoms with Gasteiger partial charge in [0.05, 0.1) is 30.0 Å². The maximum absolute atomic E-state index is 12.8. The molecule has 0 spiro atoms. The lowest BCUT2D eigenvalue weighted by Crippen LogP contribution is -2.41. The first-order valence-electron chi connectivity index (χ1n) is 8.55. The Labute approximate surface area is 152 Å². The third-order valence-corrected chi connectivity index (χ3v) is 6.04. The van der Waals surface area contributed by atoms with Crippen molar-refractivity contribution in [3.63, 3.8) is 0 Å². The van der Waals surface area contributed by atoms with Gasteiger partial charge in [0.1, 0.15) is 0 Å². The Hall–Kier alpha value is -1.97. The summed E-state index contributed by atoms with van der Waals surface area (Å²) in [5.41, 5.74) is 0.419. The molecule has 2 atom stereocenters. The van der Waals surface area contributed by atoms with Gasteiger partial charge in [-0.15, -0.1) is 0 Å². The third-order valence-electron chi connectivity index (χ3n) is 5.11. The zero-order chi connectivity index (χ0) is 18.9. The van der Waals surface area contributed by atoms with E-state index in [9.17, 15) is 18.0 Å². The van der Waals surface area contributed by atoms with E-state index >= 15 is 0 Å². The van der Waals surface area contributed by atoms with Gasteiger partial charge >= 0.3 is 0 Å². The minimum atomic E-state index is -3.78. The van der Waals surface area contributed by atoms with Crippen molar-refractivity contribution in [2.24, 2.45) is 5.14 Å². The van der Waals surface area contributed by atoms with E-state index in [1.54, 1.807) is 12.0 Å². The summed E-state index contributed by atoms with van der Waals surface area (Å²) in [4.78, 5) is 28.7. The van der Waals surface area contributed by atoms with Crippen LogP contribution in [0.25, 0.3) is 0 Å². The number of hydrogen-bond donors (Lipinski definition) is 1. The molecule has 26 heavy (non-hydrogen) atoms. The molecule has 2 heterocycles. The van der Waals surface area contributed by atoms with E-state index in [0.717, 1.165) is 12.8 Å². The second-order valence-corrected chi connectivity index (χ2v) is 8.17. The molecule has 2 N–H and O–H groups in total. The molecule has 0 aliphatic carbocycles. The van der Waals surface area contributed by atoms with Crippen molar-refractivity contribution in [1.82, 2.24) is 9.80 Å². The van der Waals surface area contributed by atoms with Crippen LogP contribution in [-0.4, -0.2) is 68.9 Å². The van der Waals surface area contributed by atoms with Gasteiger partial charge in [0.2, 0.25) is 15.9 Å². The zero-order valence-electron chi connectivity index (χ0n) is 14.6. The number of hydrogen-bond acceptors (Lipinski definition) is 5. The van der Waals surface area contributed by atoms with E-state index < -0.39 is 10.0 Å². The van der Waals surface area contributed by atoms with Crippen LogP contribution in [0.4, 0.5) is 0 Å². The van der Waals surface area contributed by atoms with E-state index in [1.807, 2.05) is 4.90 Å². The second kappa shape index (κ2) is 7.34. The van der Waals surface area contributed by atoms with Gasteiger partial charge in [-0.1, -0.05) is 0 Å². The minimum Gasteiger partial charge on any atom is -0.384 e. The van der Waals surface area contributed by atoms with Gasteiger partial charge in [0.15, 0.2) is 0 Å². The first-order valence-corrected chi connectivity index (χ1v) is 10.1. The number of ether oxygens (including phenoxy) is 1. The number of primary sulfonamides is 1. The minimum absolute atomic E-state index is 0.00640. The molecule has 2 saturated heterocycles. The predicted octanol–water partition coefficient (Wildman–Crippen LogP) is 0.186. The van der Waals surface area contributed by atoms with Crippen molar-refractivity contribution in [2.45, 2.75) is 36.2 Å². The molecule has 1 aromatic carbocycles. The monoisotopic (exact) mass is 381 g/mol. The van der Waals surface area contributed by atoms with Crippen LogP contribution in [0.1, 0.15) is 29.6 Å². The molecule has 2 fully saturated rings. The van der Waals surface area contributed by atoms with Gasteiger partial charge in [-0.3, -0.25) is 9.59 Å². The molecule has 142 valence electrons. The summed E-state index contributed by atoms with van der Waals surface area (Å²) in [6.45, 7) is 1.62. The topological polar surface area (TPSA) is 110 Å². The molecule has 0 saturated carbocycles. The average molecular weight is 381 g/mol. The van der Waals surface area contributed by atoms with Crippen molar-refractivity contribution < 1.29 is 22.7 Å². The summed E-state index contributed by atoms with van der Waals surface area (Å²) in [5, 5.41) is 5.08. The van der Waals surface area contributed by atoms with Crippen LogP contribution in [0.3, 0.4) is 0 Å². The Morgan fingerprint density at radius 2 is 1.69 bits per heavy atom. The van der Waals surface area contributed by atoms with E-state index in [0.29, 0.717) is 31.7 Å². The Morgan fingerprint density at radius 3 is 2.27 bits per heavy atom. The number of carbonyl (C=O) groups excluding carboxylic acids is 2. The number of methoxy groups -OCH3 is 1. The summed E-state index contributed by atoms with van der Waals surface area (Å²) in [6.07, 6.45) is 1.86. The number of carbonyl (C=O) groups is 2. The second-order valence-electron chi connectivity index (χ2n) is 6.61. The summed E-state index contributed by atoms with van der Waals surface area (Å²) in [7, 11) is -2.22. The van der Waals surface area contributed by atoms with E-state index in [-0.39, 0.29) is 28.8 Å². The van der Waals surface area contributed by atoms with Crippen molar-refractivity contribution in [3.05, 3.63) is 29.8 Å². The highest BCUT2D eigenvalue weighted by atomic mass is 32.2. The number of rotatable bonds is 5. The predicted molar refractivity (Wildman–Crippen MR) is 93.9 cm³/mol. The van der Waals surface area contributed by atoms with Gasteiger partial charge in [-0.25, -0.2) is 13.6 Å². The smallest absolute Gasteiger partial charge is 0.254 e. The molecule has 0 bridgehead atoms. The largest absolute Gasteiger partial charge is 0.384 e. The number of fused-ring (bicyclic) bond motifs is 1. The number of nitrogens with two attached hydrogens (primary N) is 1. The van der Waals surface area contributed by atoms with Crippen LogP contribution in [0.5, 0.6) is 0 Å². The maximum Gasteiger partial charge on any atom is 0.254 e. The number of nitrogens with zero attached hydrogens (tertiary/aromatic N) is 2. The molecule has 8 nitrogen and oxygen atoms in total. The van der Waals surface area contributed by atoms with Crippen molar-refractivity contribution in [3.8, 4) is 0 Å². The number of likely N-dealkylation sites (tertiary alicyclic amines) is 2. The van der Waals surface area contributed by atoms with E-state index in [1.165, 1.54) is 24.3 Å². The zero-order valence-corrected chi connectivity index (χ0v) is 15.4. The molecule has 0 aromatic heterocycles. The van der Waals surface area contributed by atoms with Gasteiger partial charge in [-0.2, -0.15) is 0 Å². The molecular weight excluding hydrogens is 358 g/mol. The van der Waals surface area contributed by atoms with Crippen molar-refractivity contribution in [2.75, 3.05) is 26.8 Å². The Kier molecular flexibility index (Phi) is 5.31. The van der Waals surface area contributed by atoms with Crippen LogP contribution in [0.2, 0.25) is 0 Å². The molecule has 0 radical (unpaired) electrons. The maximum atomic E-state index is 12.8. The van der Waals surface area contributed by atoms with Crippen LogP contribution >= 0.6 is 0 Å². The third kappa shape index (κ3) is 3.60. The summed E-state index contributed by atoms with van der Waals surface area (Å²) < 4.78 is 27.6. The van der Waals surface area contributed by atoms with Crippen molar-refractivity contribution in [1.29, 1.82) is 0 Å². The molecule has 0 unspecified atom stereocenters. The highest BCUT2D eigenvalue weighted by Gasteiger charge is 2.45. The van der Waals surface area contributed by atoms with E-state index in [2.05, 4.69) is 0 Å². The number of sulfonamides is 1. The SMILES string of the molecule is COCCC(=O)N1CC[C@H]2[C@@H]1CCN2C(=O)c1ccc(S(N)(=O)=O)cc1. The molecule has 2 aliphatic rings. The average Bonchev–Trinajstić information content (AvgIpc) is 3.20. The van der Waals surface area contributed by atoms with Crippen molar-refractivity contribution >= 4 is 21.8 Å². The van der Waals surface area contributed by atoms with Gasteiger partial charge in [0.25, 0.3) is 5.91 Å². The highest BCUT2D eigenvalue weighted by Crippen LogP contribution is 2.33. The van der Waals surface area contributed by atoms with Gasteiger partial charge in [-0.05, 0) is 37.1 Å². The highest BCUT2D eigenvalue weighted by molar-refractivity contribution is 7.89. The summed E-state index contributed by atoms with van der Waals surface area (Å²) in [6, 6.07) is 5.69. The van der Waals surface area contributed by atoms with Crippen LogP contribution < -0.4 is 5.14 Å². The molecule has 1 aromatic rings. The summed E-state index contributed by atoms with van der Waals surface area (Å²) >= 11 is 0. The fraction of sp³-hybridized carbons (Fsp3) is 0.529. The van der Waals surface area contributed by atoms with Gasteiger partial charge < -0.3 is 14.5 Å². The normalized spacial score (nSPS) is 22.5. The molecule has 9 heteroatoms. The van der Waals surface area contributed by atoms with E-state index in [4.69, 9.17) is 9.88 Å². The first kappa shape index (κ1) is 18.8. The Bertz CT molecular complexity index is 793.